The number of benzene rings is 2. The Bertz CT molecular complexity index is 1340. The first kappa shape index (κ1) is 22.9. The lowest BCUT2D eigenvalue weighted by Crippen LogP contribution is -2.29. The van der Waals surface area contributed by atoms with Gasteiger partial charge in [0.1, 0.15) is 29.1 Å². The fourth-order valence-electron chi connectivity index (χ4n) is 4.15. The molecule has 0 aliphatic carbocycles. The Balaban J connectivity index is 1.92. The molecule has 3 aromatic rings. The molecule has 1 aromatic heterocycles. The van der Waals surface area contributed by atoms with Gasteiger partial charge < -0.3 is 14.3 Å². The van der Waals surface area contributed by atoms with Crippen molar-refractivity contribution in [3.63, 3.8) is 0 Å². The third kappa shape index (κ3) is 3.84. The number of ketones is 1. The maximum atomic E-state index is 13.2. The monoisotopic (exact) mass is 456 g/mol. The number of methoxy groups -OCH3 is 1. The van der Waals surface area contributed by atoms with E-state index in [-0.39, 0.29) is 17.3 Å². The molecule has 1 unspecified atom stereocenters. The SMILES string of the molecule is COc1ccc(/C(O)=C2/C(=O)C(=O)N(c3ccc(C#N)cc3)C2c2ccc(C)o2)cc1C(C)C. The molecule has 7 nitrogen and oxygen atoms in total. The molecule has 0 spiro atoms. The topological polar surface area (TPSA) is 104 Å². The number of carbonyl (C=O) groups excluding carboxylic acids is 2. The van der Waals surface area contributed by atoms with Crippen molar-refractivity contribution in [1.29, 1.82) is 5.26 Å². The number of amides is 1. The van der Waals surface area contributed by atoms with Crippen LogP contribution in [0, 0.1) is 18.3 Å². The predicted octanol–water partition coefficient (Wildman–Crippen LogP) is 5.22. The van der Waals surface area contributed by atoms with Gasteiger partial charge >= 0.3 is 0 Å². The molecular weight excluding hydrogens is 432 g/mol. The van der Waals surface area contributed by atoms with E-state index < -0.39 is 17.7 Å². The summed E-state index contributed by atoms with van der Waals surface area (Å²) in [6.07, 6.45) is 0. The van der Waals surface area contributed by atoms with E-state index in [0.29, 0.717) is 34.1 Å². The van der Waals surface area contributed by atoms with E-state index in [2.05, 4.69) is 0 Å². The van der Waals surface area contributed by atoms with E-state index in [0.717, 1.165) is 5.56 Å². The van der Waals surface area contributed by atoms with Gasteiger partial charge in [0.2, 0.25) is 0 Å². The molecule has 0 radical (unpaired) electrons. The van der Waals surface area contributed by atoms with Crippen molar-refractivity contribution in [3.05, 3.63) is 88.4 Å². The van der Waals surface area contributed by atoms with Crippen LogP contribution in [0.1, 0.15) is 54.0 Å². The lowest BCUT2D eigenvalue weighted by atomic mass is 9.95. The number of nitrogens with zero attached hydrogens (tertiary/aromatic N) is 2. The number of Topliss-reactive ketones (excluding diaryl/α,β-unsaturated/α-hetero) is 1. The smallest absolute Gasteiger partial charge is 0.300 e. The molecule has 2 heterocycles. The molecule has 1 atom stereocenters. The third-order valence-electron chi connectivity index (χ3n) is 5.87. The highest BCUT2D eigenvalue weighted by Gasteiger charge is 2.48. The van der Waals surface area contributed by atoms with Crippen molar-refractivity contribution >= 4 is 23.1 Å². The van der Waals surface area contributed by atoms with Crippen LogP contribution in [0.25, 0.3) is 5.76 Å². The summed E-state index contributed by atoms with van der Waals surface area (Å²) in [5.74, 6) is -0.175. The summed E-state index contributed by atoms with van der Waals surface area (Å²) < 4.78 is 11.2. The zero-order chi connectivity index (χ0) is 24.6. The summed E-state index contributed by atoms with van der Waals surface area (Å²) in [6.45, 7) is 5.75. The van der Waals surface area contributed by atoms with Crippen LogP contribution >= 0.6 is 0 Å². The minimum absolute atomic E-state index is 0.0661. The summed E-state index contributed by atoms with van der Waals surface area (Å²) >= 11 is 0. The maximum Gasteiger partial charge on any atom is 0.300 e. The zero-order valence-electron chi connectivity index (χ0n) is 19.3. The van der Waals surface area contributed by atoms with Crippen molar-refractivity contribution in [3.8, 4) is 11.8 Å². The fraction of sp³-hybridized carbons (Fsp3) is 0.222. The van der Waals surface area contributed by atoms with Crippen LogP contribution in [0.2, 0.25) is 0 Å². The molecule has 1 saturated heterocycles. The highest BCUT2D eigenvalue weighted by molar-refractivity contribution is 6.51. The van der Waals surface area contributed by atoms with Gasteiger partial charge in [-0.05, 0) is 73.0 Å². The number of aliphatic hydroxyl groups is 1. The van der Waals surface area contributed by atoms with Gasteiger partial charge in [-0.15, -0.1) is 0 Å². The first-order valence-corrected chi connectivity index (χ1v) is 10.8. The number of nitriles is 1. The summed E-state index contributed by atoms with van der Waals surface area (Å²) in [5, 5.41) is 20.4. The zero-order valence-corrected chi connectivity index (χ0v) is 19.3. The summed E-state index contributed by atoms with van der Waals surface area (Å²) in [6, 6.07) is 16.0. The number of anilines is 1. The summed E-state index contributed by atoms with van der Waals surface area (Å²) in [4.78, 5) is 27.7. The van der Waals surface area contributed by atoms with Gasteiger partial charge in [-0.1, -0.05) is 13.8 Å². The molecule has 1 aliphatic rings. The lowest BCUT2D eigenvalue weighted by Gasteiger charge is -2.23. The van der Waals surface area contributed by atoms with Gasteiger partial charge in [0.25, 0.3) is 11.7 Å². The highest BCUT2D eigenvalue weighted by atomic mass is 16.5. The fourth-order valence-corrected chi connectivity index (χ4v) is 4.15. The Morgan fingerprint density at radius 1 is 1.12 bits per heavy atom. The van der Waals surface area contributed by atoms with E-state index >= 15 is 0 Å². The molecule has 0 saturated carbocycles. The number of aryl methyl sites for hydroxylation is 1. The van der Waals surface area contributed by atoms with Crippen LogP contribution in [0.4, 0.5) is 5.69 Å². The van der Waals surface area contributed by atoms with Crippen LogP contribution in [0.3, 0.4) is 0 Å². The Morgan fingerprint density at radius 2 is 1.82 bits per heavy atom. The minimum atomic E-state index is -0.966. The number of carbonyl (C=O) groups is 2. The first-order chi connectivity index (χ1) is 16.3. The average Bonchev–Trinajstić information content (AvgIpc) is 3.38. The molecular formula is C27H24N2O5. The quantitative estimate of drug-likeness (QED) is 0.321. The molecule has 1 aliphatic heterocycles. The van der Waals surface area contributed by atoms with E-state index in [1.807, 2.05) is 19.9 Å². The van der Waals surface area contributed by atoms with Gasteiger partial charge in [-0.2, -0.15) is 5.26 Å². The lowest BCUT2D eigenvalue weighted by molar-refractivity contribution is -0.132. The van der Waals surface area contributed by atoms with E-state index in [4.69, 9.17) is 14.4 Å². The van der Waals surface area contributed by atoms with Crippen molar-refractivity contribution in [2.24, 2.45) is 0 Å². The Hall–Kier alpha value is -4.31. The van der Waals surface area contributed by atoms with Gasteiger partial charge in [0.05, 0.1) is 24.3 Å². The Morgan fingerprint density at radius 3 is 2.38 bits per heavy atom. The standard InChI is InChI=1S/C27H24N2O5/c1-15(2)20-13-18(8-12-21(20)33-4)25(30)23-24(22-11-5-16(3)34-22)29(27(32)26(23)31)19-9-6-17(14-28)7-10-19/h5-13,15,24,30H,1-4H3/b25-23-. The molecule has 0 bridgehead atoms. The average molecular weight is 456 g/mol. The van der Waals surface area contributed by atoms with Crippen molar-refractivity contribution < 1.29 is 23.8 Å². The molecule has 2 aromatic carbocycles. The number of hydrogen-bond donors (Lipinski definition) is 1. The van der Waals surface area contributed by atoms with Crippen LogP contribution in [-0.2, 0) is 9.59 Å². The Kier molecular flexibility index (Phi) is 5.99. The van der Waals surface area contributed by atoms with Crippen LogP contribution in [-0.4, -0.2) is 23.9 Å². The summed E-state index contributed by atoms with van der Waals surface area (Å²) in [5.41, 5.74) is 2.03. The highest BCUT2D eigenvalue weighted by Crippen LogP contribution is 2.43. The van der Waals surface area contributed by atoms with Crippen LogP contribution in [0.5, 0.6) is 5.75 Å². The van der Waals surface area contributed by atoms with Crippen molar-refractivity contribution in [2.75, 3.05) is 12.0 Å². The predicted molar refractivity (Wildman–Crippen MR) is 126 cm³/mol. The maximum absolute atomic E-state index is 13.2. The molecule has 172 valence electrons. The largest absolute Gasteiger partial charge is 0.507 e. The second kappa shape index (κ2) is 8.91. The summed E-state index contributed by atoms with van der Waals surface area (Å²) in [7, 11) is 1.57. The molecule has 4 rings (SSSR count). The second-order valence-electron chi connectivity index (χ2n) is 8.39. The van der Waals surface area contributed by atoms with Crippen LogP contribution < -0.4 is 9.64 Å². The third-order valence-corrected chi connectivity index (χ3v) is 5.87. The first-order valence-electron chi connectivity index (χ1n) is 10.8. The van der Waals surface area contributed by atoms with Gasteiger partial charge in [0.15, 0.2) is 0 Å². The number of hydrogen-bond acceptors (Lipinski definition) is 6. The molecule has 1 amide bonds. The number of rotatable bonds is 5. The van der Waals surface area contributed by atoms with Crippen molar-refractivity contribution in [2.45, 2.75) is 32.7 Å². The van der Waals surface area contributed by atoms with Crippen LogP contribution in [0.15, 0.2) is 64.6 Å². The van der Waals surface area contributed by atoms with Gasteiger partial charge in [-0.25, -0.2) is 0 Å². The van der Waals surface area contributed by atoms with E-state index in [1.165, 1.54) is 4.90 Å². The molecule has 1 N–H and O–H groups in total. The second-order valence-corrected chi connectivity index (χ2v) is 8.39. The molecule has 1 fully saturated rings. The number of furan rings is 1. The van der Waals surface area contributed by atoms with Gasteiger partial charge in [0, 0.05) is 11.3 Å². The van der Waals surface area contributed by atoms with E-state index in [9.17, 15) is 14.7 Å². The van der Waals surface area contributed by atoms with Crippen molar-refractivity contribution in [1.82, 2.24) is 0 Å². The number of ether oxygens (including phenoxy) is 1. The van der Waals surface area contributed by atoms with E-state index in [1.54, 1.807) is 68.6 Å². The van der Waals surface area contributed by atoms with Gasteiger partial charge in [-0.3, -0.25) is 14.5 Å². The minimum Gasteiger partial charge on any atom is -0.507 e. The molecule has 7 heteroatoms. The normalized spacial score (nSPS) is 17.3. The molecule has 34 heavy (non-hydrogen) atoms. The Labute approximate surface area is 197 Å². The number of aliphatic hydroxyl groups excluding tert-OH is 1.